The second-order valence-corrected chi connectivity index (χ2v) is 4.19. The Morgan fingerprint density at radius 2 is 2.19 bits per heavy atom. The maximum atomic E-state index is 11.7. The lowest BCUT2D eigenvalue weighted by molar-refractivity contribution is 0.205. The predicted octanol–water partition coefficient (Wildman–Crippen LogP) is 0.707. The van der Waals surface area contributed by atoms with Gasteiger partial charge >= 0.3 is 6.03 Å². The standard InChI is InChI=1S/C10H20N4O2/c1-14(7-6-9(11)13-16)10(15)12-8-4-2-3-5-8/h8,16H,2-7H2,1H3,(H2,11,13)(H,12,15). The minimum Gasteiger partial charge on any atom is -0.409 e. The highest BCUT2D eigenvalue weighted by molar-refractivity contribution is 5.80. The molecule has 0 atom stereocenters. The molecular formula is C10H20N4O2. The monoisotopic (exact) mass is 228 g/mol. The van der Waals surface area contributed by atoms with Crippen LogP contribution in [-0.4, -0.2) is 41.6 Å². The minimum atomic E-state index is -0.0855. The maximum absolute atomic E-state index is 11.7. The number of urea groups is 1. The number of nitrogens with one attached hydrogen (secondary N) is 1. The Bertz CT molecular complexity index is 262. The van der Waals surface area contributed by atoms with Crippen molar-refractivity contribution in [3.63, 3.8) is 0 Å². The summed E-state index contributed by atoms with van der Waals surface area (Å²) >= 11 is 0. The number of carbonyl (C=O) groups is 1. The quantitative estimate of drug-likeness (QED) is 0.286. The molecule has 0 aromatic heterocycles. The van der Waals surface area contributed by atoms with E-state index in [1.54, 1.807) is 11.9 Å². The molecule has 2 amide bonds. The molecule has 6 heteroatoms. The lowest BCUT2D eigenvalue weighted by atomic mass is 10.2. The molecule has 6 nitrogen and oxygen atoms in total. The molecule has 0 aromatic carbocycles. The van der Waals surface area contributed by atoms with Gasteiger partial charge in [-0.2, -0.15) is 0 Å². The van der Waals surface area contributed by atoms with Crippen LogP contribution in [0.4, 0.5) is 4.79 Å². The molecule has 1 aliphatic rings. The Labute approximate surface area is 95.5 Å². The van der Waals surface area contributed by atoms with Crippen LogP contribution in [0.2, 0.25) is 0 Å². The third-order valence-corrected chi connectivity index (χ3v) is 2.86. The van der Waals surface area contributed by atoms with Crippen LogP contribution in [0.25, 0.3) is 0 Å². The molecule has 0 saturated heterocycles. The Kier molecular flexibility index (Phi) is 4.88. The SMILES string of the molecule is CN(CCC(N)=NO)C(=O)NC1CCCC1. The van der Waals surface area contributed by atoms with Gasteiger partial charge in [0.05, 0.1) is 0 Å². The van der Waals surface area contributed by atoms with Crippen molar-refractivity contribution in [1.82, 2.24) is 10.2 Å². The fourth-order valence-electron chi connectivity index (χ4n) is 1.79. The summed E-state index contributed by atoms with van der Waals surface area (Å²) < 4.78 is 0. The second kappa shape index (κ2) is 6.19. The fraction of sp³-hybridized carbons (Fsp3) is 0.800. The molecular weight excluding hydrogens is 208 g/mol. The van der Waals surface area contributed by atoms with Gasteiger partial charge in [-0.05, 0) is 12.8 Å². The van der Waals surface area contributed by atoms with Gasteiger partial charge in [0.25, 0.3) is 0 Å². The van der Waals surface area contributed by atoms with E-state index in [-0.39, 0.29) is 11.9 Å². The number of nitrogens with two attached hydrogens (primary N) is 1. The predicted molar refractivity (Wildman–Crippen MR) is 61.4 cm³/mol. The van der Waals surface area contributed by atoms with E-state index in [1.807, 2.05) is 0 Å². The van der Waals surface area contributed by atoms with Crippen molar-refractivity contribution >= 4 is 11.9 Å². The smallest absolute Gasteiger partial charge is 0.317 e. The molecule has 0 aromatic rings. The zero-order chi connectivity index (χ0) is 12.0. The van der Waals surface area contributed by atoms with Crippen LogP contribution in [0.5, 0.6) is 0 Å². The first-order valence-electron chi connectivity index (χ1n) is 5.61. The van der Waals surface area contributed by atoms with Crippen LogP contribution in [-0.2, 0) is 0 Å². The molecule has 1 rings (SSSR count). The van der Waals surface area contributed by atoms with Crippen LogP contribution >= 0.6 is 0 Å². The highest BCUT2D eigenvalue weighted by Crippen LogP contribution is 2.17. The summed E-state index contributed by atoms with van der Waals surface area (Å²) in [6.07, 6.45) is 4.91. The molecule has 0 aliphatic heterocycles. The van der Waals surface area contributed by atoms with E-state index in [9.17, 15) is 4.79 Å². The van der Waals surface area contributed by atoms with E-state index in [1.165, 1.54) is 12.8 Å². The van der Waals surface area contributed by atoms with Crippen molar-refractivity contribution in [3.05, 3.63) is 0 Å². The van der Waals surface area contributed by atoms with Crippen molar-refractivity contribution in [1.29, 1.82) is 0 Å². The average molecular weight is 228 g/mol. The topological polar surface area (TPSA) is 90.9 Å². The zero-order valence-electron chi connectivity index (χ0n) is 9.65. The molecule has 1 aliphatic carbocycles. The van der Waals surface area contributed by atoms with Crippen LogP contribution in [0.1, 0.15) is 32.1 Å². The number of oxime groups is 1. The number of amides is 2. The molecule has 0 bridgehead atoms. The summed E-state index contributed by atoms with van der Waals surface area (Å²) in [6.45, 7) is 0.453. The fourth-order valence-corrected chi connectivity index (χ4v) is 1.79. The molecule has 16 heavy (non-hydrogen) atoms. The van der Waals surface area contributed by atoms with Gasteiger partial charge < -0.3 is 21.2 Å². The molecule has 0 heterocycles. The van der Waals surface area contributed by atoms with Gasteiger partial charge in [0, 0.05) is 26.1 Å². The van der Waals surface area contributed by atoms with Gasteiger partial charge in [0.15, 0.2) is 0 Å². The zero-order valence-corrected chi connectivity index (χ0v) is 9.65. The lowest BCUT2D eigenvalue weighted by Crippen LogP contribution is -2.43. The number of carbonyl (C=O) groups excluding carboxylic acids is 1. The highest BCUT2D eigenvalue weighted by Gasteiger charge is 2.18. The normalized spacial score (nSPS) is 17.4. The van der Waals surface area contributed by atoms with Gasteiger partial charge in [-0.3, -0.25) is 0 Å². The number of rotatable bonds is 4. The molecule has 4 N–H and O–H groups in total. The molecule has 0 spiro atoms. The minimum absolute atomic E-state index is 0.0855. The third kappa shape index (κ3) is 3.96. The third-order valence-electron chi connectivity index (χ3n) is 2.86. The van der Waals surface area contributed by atoms with Crippen molar-refractivity contribution < 1.29 is 10.0 Å². The van der Waals surface area contributed by atoms with Crippen LogP contribution in [0.3, 0.4) is 0 Å². The van der Waals surface area contributed by atoms with Crippen molar-refractivity contribution in [3.8, 4) is 0 Å². The molecule has 92 valence electrons. The van der Waals surface area contributed by atoms with Gasteiger partial charge in [0.1, 0.15) is 5.84 Å². The Morgan fingerprint density at radius 3 is 2.75 bits per heavy atom. The Morgan fingerprint density at radius 1 is 1.56 bits per heavy atom. The van der Waals surface area contributed by atoms with E-state index < -0.39 is 0 Å². The largest absolute Gasteiger partial charge is 0.409 e. The van der Waals surface area contributed by atoms with Crippen LogP contribution < -0.4 is 11.1 Å². The summed E-state index contributed by atoms with van der Waals surface area (Å²) in [5.74, 6) is 0.139. The van der Waals surface area contributed by atoms with Gasteiger partial charge in [-0.25, -0.2) is 4.79 Å². The summed E-state index contributed by atoms with van der Waals surface area (Å²) in [6, 6.07) is 0.233. The van der Waals surface area contributed by atoms with E-state index in [0.29, 0.717) is 19.0 Å². The van der Waals surface area contributed by atoms with Crippen LogP contribution in [0.15, 0.2) is 5.16 Å². The average Bonchev–Trinajstić information content (AvgIpc) is 2.77. The molecule has 1 saturated carbocycles. The molecule has 1 fully saturated rings. The summed E-state index contributed by atoms with van der Waals surface area (Å²) in [4.78, 5) is 13.2. The van der Waals surface area contributed by atoms with Gasteiger partial charge in [-0.1, -0.05) is 18.0 Å². The number of nitrogens with zero attached hydrogens (tertiary/aromatic N) is 2. The second-order valence-electron chi connectivity index (χ2n) is 4.19. The maximum Gasteiger partial charge on any atom is 0.317 e. The first-order valence-corrected chi connectivity index (χ1v) is 5.61. The van der Waals surface area contributed by atoms with E-state index >= 15 is 0 Å². The first kappa shape index (κ1) is 12.6. The Balaban J connectivity index is 2.24. The molecule has 0 unspecified atom stereocenters. The number of hydrogen-bond donors (Lipinski definition) is 3. The summed E-state index contributed by atoms with van der Waals surface area (Å²) in [7, 11) is 1.70. The van der Waals surface area contributed by atoms with Crippen molar-refractivity contribution in [2.24, 2.45) is 10.9 Å². The van der Waals surface area contributed by atoms with Crippen molar-refractivity contribution in [2.45, 2.75) is 38.1 Å². The lowest BCUT2D eigenvalue weighted by Gasteiger charge is -2.20. The van der Waals surface area contributed by atoms with Gasteiger partial charge in [-0.15, -0.1) is 0 Å². The highest BCUT2D eigenvalue weighted by atomic mass is 16.4. The van der Waals surface area contributed by atoms with Crippen LogP contribution in [0, 0.1) is 0 Å². The van der Waals surface area contributed by atoms with E-state index in [0.717, 1.165) is 12.8 Å². The summed E-state index contributed by atoms with van der Waals surface area (Å²) in [5.41, 5.74) is 5.33. The Hall–Kier alpha value is -1.46. The summed E-state index contributed by atoms with van der Waals surface area (Å²) in [5, 5.41) is 14.2. The van der Waals surface area contributed by atoms with Gasteiger partial charge in [0.2, 0.25) is 0 Å². The van der Waals surface area contributed by atoms with Crippen molar-refractivity contribution in [2.75, 3.05) is 13.6 Å². The first-order chi connectivity index (χ1) is 7.63. The molecule has 0 radical (unpaired) electrons. The van der Waals surface area contributed by atoms with E-state index in [4.69, 9.17) is 10.9 Å². The number of hydrogen-bond acceptors (Lipinski definition) is 3. The van der Waals surface area contributed by atoms with E-state index in [2.05, 4.69) is 10.5 Å². The number of amidine groups is 1.